The van der Waals surface area contributed by atoms with Gasteiger partial charge in [0.25, 0.3) is 5.91 Å². The van der Waals surface area contributed by atoms with Gasteiger partial charge < -0.3 is 14.6 Å². The second-order valence-electron chi connectivity index (χ2n) is 8.07. The number of aromatic nitrogens is 2. The number of hydrogen-bond donors (Lipinski definition) is 1. The predicted octanol–water partition coefficient (Wildman–Crippen LogP) is 3.12. The van der Waals surface area contributed by atoms with Gasteiger partial charge in [0.15, 0.2) is 0 Å². The fraction of sp³-hybridized carbons (Fsp3) is 0.333. The molecule has 2 heterocycles. The minimum Gasteiger partial charge on any atom is -0.497 e. The summed E-state index contributed by atoms with van der Waals surface area (Å²) in [6.07, 6.45) is 6.22. The van der Waals surface area contributed by atoms with Crippen molar-refractivity contribution in [2.75, 3.05) is 20.2 Å². The zero-order chi connectivity index (χ0) is 23.4. The van der Waals surface area contributed by atoms with Crippen LogP contribution in [-0.2, 0) is 17.1 Å². The Morgan fingerprint density at radius 3 is 2.45 bits per heavy atom. The third-order valence-electron chi connectivity index (χ3n) is 5.89. The molecule has 1 N–H and O–H groups in total. The predicted molar refractivity (Wildman–Crippen MR) is 125 cm³/mol. The number of sulfonamides is 1. The molecule has 3 aromatic rings. The van der Waals surface area contributed by atoms with E-state index in [1.807, 2.05) is 42.1 Å². The lowest BCUT2D eigenvalue weighted by molar-refractivity contribution is 0.0941. The van der Waals surface area contributed by atoms with E-state index in [0.29, 0.717) is 24.7 Å². The Labute approximate surface area is 194 Å². The van der Waals surface area contributed by atoms with Gasteiger partial charge in [0.2, 0.25) is 10.0 Å². The number of hydrogen-bond acceptors (Lipinski definition) is 5. The number of benzene rings is 2. The number of carbonyl (C=O) groups is 1. The van der Waals surface area contributed by atoms with Crippen LogP contribution in [0.15, 0.2) is 65.8 Å². The molecule has 1 aliphatic heterocycles. The SMILES string of the molecule is COc1ccc([C@H](NC(=O)c2cccc(S(=O)(=O)N3CCCCC3)c2)c2nccn2C)cc1. The van der Waals surface area contributed by atoms with Gasteiger partial charge in [0.05, 0.1) is 12.0 Å². The molecule has 1 atom stereocenters. The van der Waals surface area contributed by atoms with Crippen LogP contribution >= 0.6 is 0 Å². The zero-order valence-electron chi connectivity index (χ0n) is 18.8. The maximum atomic E-state index is 13.2. The number of aryl methyl sites for hydroxylation is 1. The molecule has 1 saturated heterocycles. The lowest BCUT2D eigenvalue weighted by Crippen LogP contribution is -2.36. The maximum Gasteiger partial charge on any atom is 0.252 e. The molecule has 2 aromatic carbocycles. The van der Waals surface area contributed by atoms with Gasteiger partial charge in [-0.05, 0) is 48.7 Å². The van der Waals surface area contributed by atoms with Crippen molar-refractivity contribution in [1.82, 2.24) is 19.2 Å². The first-order chi connectivity index (χ1) is 15.9. The highest BCUT2D eigenvalue weighted by atomic mass is 32.2. The van der Waals surface area contributed by atoms with Gasteiger partial charge in [-0.25, -0.2) is 13.4 Å². The Morgan fingerprint density at radius 2 is 1.82 bits per heavy atom. The first-order valence-electron chi connectivity index (χ1n) is 10.9. The summed E-state index contributed by atoms with van der Waals surface area (Å²) in [5.74, 6) is 0.986. The molecule has 33 heavy (non-hydrogen) atoms. The van der Waals surface area contributed by atoms with Crippen LogP contribution in [0.4, 0.5) is 0 Å². The van der Waals surface area contributed by atoms with E-state index in [9.17, 15) is 13.2 Å². The Hall–Kier alpha value is -3.17. The van der Waals surface area contributed by atoms with Crippen molar-refractivity contribution in [1.29, 1.82) is 0 Å². The summed E-state index contributed by atoms with van der Waals surface area (Å²) >= 11 is 0. The second-order valence-corrected chi connectivity index (χ2v) is 10.0. The molecule has 1 aromatic heterocycles. The van der Waals surface area contributed by atoms with Gasteiger partial charge in [-0.15, -0.1) is 0 Å². The smallest absolute Gasteiger partial charge is 0.252 e. The van der Waals surface area contributed by atoms with Crippen molar-refractivity contribution in [3.05, 3.63) is 77.9 Å². The van der Waals surface area contributed by atoms with Crippen molar-refractivity contribution in [3.63, 3.8) is 0 Å². The first kappa shape index (κ1) is 23.0. The average molecular weight is 469 g/mol. The number of nitrogens with zero attached hydrogens (tertiary/aromatic N) is 3. The van der Waals surface area contributed by atoms with Crippen LogP contribution in [-0.4, -0.2) is 48.4 Å². The maximum absolute atomic E-state index is 13.2. The molecule has 0 aliphatic carbocycles. The molecule has 0 bridgehead atoms. The van der Waals surface area contributed by atoms with E-state index < -0.39 is 16.1 Å². The van der Waals surface area contributed by atoms with Crippen molar-refractivity contribution < 1.29 is 17.9 Å². The van der Waals surface area contributed by atoms with E-state index in [2.05, 4.69) is 10.3 Å². The van der Waals surface area contributed by atoms with E-state index in [1.165, 1.54) is 10.4 Å². The topological polar surface area (TPSA) is 93.5 Å². The van der Waals surface area contributed by atoms with E-state index >= 15 is 0 Å². The summed E-state index contributed by atoms with van der Waals surface area (Å²) in [5.41, 5.74) is 1.11. The fourth-order valence-corrected chi connectivity index (χ4v) is 5.58. The highest BCUT2D eigenvalue weighted by Gasteiger charge is 2.27. The molecule has 0 radical (unpaired) electrons. The van der Waals surface area contributed by atoms with Gasteiger partial charge in [0, 0.05) is 38.1 Å². The summed E-state index contributed by atoms with van der Waals surface area (Å²) in [4.78, 5) is 17.8. The fourth-order valence-electron chi connectivity index (χ4n) is 4.02. The number of amides is 1. The van der Waals surface area contributed by atoms with E-state index in [4.69, 9.17) is 4.74 Å². The normalized spacial score (nSPS) is 15.7. The lowest BCUT2D eigenvalue weighted by Gasteiger charge is -2.26. The quantitative estimate of drug-likeness (QED) is 0.575. The molecule has 9 heteroatoms. The highest BCUT2D eigenvalue weighted by Crippen LogP contribution is 2.25. The number of carbonyl (C=O) groups excluding carboxylic acids is 1. The molecule has 0 saturated carbocycles. The Morgan fingerprint density at radius 1 is 1.09 bits per heavy atom. The summed E-state index contributed by atoms with van der Waals surface area (Å²) in [5, 5.41) is 3.02. The van der Waals surface area contributed by atoms with Gasteiger partial charge in [-0.3, -0.25) is 4.79 Å². The number of nitrogens with one attached hydrogen (secondary N) is 1. The van der Waals surface area contributed by atoms with Crippen molar-refractivity contribution in [3.8, 4) is 5.75 Å². The van der Waals surface area contributed by atoms with Crippen molar-refractivity contribution in [2.24, 2.45) is 7.05 Å². The van der Waals surface area contributed by atoms with Crippen LogP contribution in [0, 0.1) is 0 Å². The third kappa shape index (κ3) is 4.94. The minimum absolute atomic E-state index is 0.134. The molecular weight excluding hydrogens is 440 g/mol. The van der Waals surface area contributed by atoms with Crippen LogP contribution in [0.1, 0.15) is 47.1 Å². The molecule has 1 amide bonds. The van der Waals surface area contributed by atoms with Crippen LogP contribution in [0.5, 0.6) is 5.75 Å². The van der Waals surface area contributed by atoms with Crippen molar-refractivity contribution in [2.45, 2.75) is 30.2 Å². The Balaban J connectivity index is 1.62. The largest absolute Gasteiger partial charge is 0.497 e. The molecule has 4 rings (SSSR count). The lowest BCUT2D eigenvalue weighted by atomic mass is 10.0. The third-order valence-corrected chi connectivity index (χ3v) is 7.78. The molecule has 1 aliphatic rings. The van der Waals surface area contributed by atoms with Crippen LogP contribution in [0.3, 0.4) is 0 Å². The number of imidazole rings is 1. The van der Waals surface area contributed by atoms with E-state index in [1.54, 1.807) is 31.5 Å². The summed E-state index contributed by atoms with van der Waals surface area (Å²) < 4.78 is 34.7. The van der Waals surface area contributed by atoms with Crippen LogP contribution in [0.2, 0.25) is 0 Å². The number of ether oxygens (including phenoxy) is 1. The molecular formula is C24H28N4O4S. The number of rotatable bonds is 7. The van der Waals surface area contributed by atoms with Gasteiger partial charge in [0.1, 0.15) is 17.6 Å². The summed E-state index contributed by atoms with van der Waals surface area (Å²) in [7, 11) is -0.180. The Bertz CT molecular complexity index is 1220. The van der Waals surface area contributed by atoms with Gasteiger partial charge in [-0.1, -0.05) is 24.6 Å². The summed E-state index contributed by atoms with van der Waals surface area (Å²) in [6.45, 7) is 1.02. The number of methoxy groups -OCH3 is 1. The molecule has 1 fully saturated rings. The van der Waals surface area contributed by atoms with Gasteiger partial charge >= 0.3 is 0 Å². The van der Waals surface area contributed by atoms with Crippen LogP contribution in [0.25, 0.3) is 0 Å². The average Bonchev–Trinajstić information content (AvgIpc) is 3.28. The zero-order valence-corrected chi connectivity index (χ0v) is 19.6. The molecule has 0 unspecified atom stereocenters. The first-order valence-corrected chi connectivity index (χ1v) is 12.4. The molecule has 174 valence electrons. The minimum atomic E-state index is -3.63. The monoisotopic (exact) mass is 468 g/mol. The van der Waals surface area contributed by atoms with E-state index in [0.717, 1.165) is 24.8 Å². The standard InChI is InChI=1S/C24H28N4O4S/c1-27-16-13-25-23(27)22(18-9-11-20(32-2)12-10-18)26-24(29)19-7-6-8-21(17-19)33(30,31)28-14-4-3-5-15-28/h6-13,16-17,22H,3-5,14-15H2,1-2H3,(H,26,29)/t22-/m0/s1. The van der Waals surface area contributed by atoms with Gasteiger partial charge in [-0.2, -0.15) is 4.31 Å². The number of piperidine rings is 1. The Kier molecular flexibility index (Phi) is 6.80. The van der Waals surface area contributed by atoms with Crippen LogP contribution < -0.4 is 10.1 Å². The highest BCUT2D eigenvalue weighted by molar-refractivity contribution is 7.89. The molecule has 0 spiro atoms. The second kappa shape index (κ2) is 9.76. The van der Waals surface area contributed by atoms with E-state index in [-0.39, 0.29) is 16.4 Å². The molecule has 8 nitrogen and oxygen atoms in total. The van der Waals surface area contributed by atoms with Crippen molar-refractivity contribution >= 4 is 15.9 Å². The summed E-state index contributed by atoms with van der Waals surface area (Å²) in [6, 6.07) is 13.1.